The number of aromatic amines is 1. The number of nitrogens with one attached hydrogen (secondary N) is 1. The number of rotatable bonds is 6. The summed E-state index contributed by atoms with van der Waals surface area (Å²) in [7, 11) is -2.86. The fourth-order valence-corrected chi connectivity index (χ4v) is 13.0. The zero-order valence-corrected chi connectivity index (χ0v) is 27.9. The van der Waals surface area contributed by atoms with Crippen LogP contribution in [-0.2, 0) is 5.41 Å². The summed E-state index contributed by atoms with van der Waals surface area (Å²) in [4.78, 5) is 7.53. The second-order valence-corrected chi connectivity index (χ2v) is 16.6. The number of aryl methyl sites for hydroxylation is 1. The van der Waals surface area contributed by atoms with Gasteiger partial charge in [0.25, 0.3) is 0 Å². The number of hydrogen-bond acceptors (Lipinski definition) is 3. The van der Waals surface area contributed by atoms with E-state index >= 15 is 0 Å². The molecule has 5 aromatic carbocycles. The van der Waals surface area contributed by atoms with Crippen LogP contribution in [0, 0.1) is 6.92 Å². The molecule has 228 valence electrons. The Bertz CT molecular complexity index is 2150. The van der Waals surface area contributed by atoms with Crippen LogP contribution in [0.1, 0.15) is 30.7 Å². The van der Waals surface area contributed by atoms with Crippen LogP contribution in [0.15, 0.2) is 158 Å². The minimum absolute atomic E-state index is 0.142. The van der Waals surface area contributed by atoms with Crippen molar-refractivity contribution in [3.8, 4) is 11.3 Å². The van der Waals surface area contributed by atoms with E-state index in [0.717, 1.165) is 39.3 Å². The van der Waals surface area contributed by atoms with E-state index in [1.807, 2.05) is 19.2 Å². The minimum atomic E-state index is -2.86. The Morgan fingerprint density at radius 3 is 1.87 bits per heavy atom. The first-order valence-electron chi connectivity index (χ1n) is 16.2. The number of fused-ring (bicyclic) bond motifs is 2. The lowest BCUT2D eigenvalue weighted by atomic mass is 9.77. The fraction of sp³-hybridized carbons (Fsp3) is 0.0952. The molecule has 0 saturated heterocycles. The van der Waals surface area contributed by atoms with Crippen molar-refractivity contribution >= 4 is 46.0 Å². The number of H-pyrrole nitrogens is 1. The van der Waals surface area contributed by atoms with Gasteiger partial charge in [0.05, 0.1) is 5.69 Å². The summed E-state index contributed by atoms with van der Waals surface area (Å²) in [5, 5.41) is 12.9. The highest BCUT2D eigenvalue weighted by Crippen LogP contribution is 2.38. The largest absolute Gasteiger partial charge is 0.310 e. The van der Waals surface area contributed by atoms with Gasteiger partial charge in [-0.1, -0.05) is 111 Å². The zero-order valence-electron chi connectivity index (χ0n) is 26.9. The smallest absolute Gasteiger partial charge is 0.202 e. The van der Waals surface area contributed by atoms with E-state index in [1.165, 1.54) is 26.7 Å². The Labute approximate surface area is 277 Å². The van der Waals surface area contributed by atoms with Crippen LogP contribution in [0.25, 0.3) is 11.3 Å². The van der Waals surface area contributed by atoms with Crippen LogP contribution in [0.4, 0.5) is 17.1 Å². The molecule has 0 spiro atoms. The topological polar surface area (TPSA) is 44.8 Å². The average molecular weight is 625 g/mol. The highest BCUT2D eigenvalue weighted by molar-refractivity contribution is 7.20. The SMILES string of the molecule is Cc1cc(-c2cccc(N(c3ccccc3)c3cccc([Si]4(c5ccccn5)c5ccccc5C(C)(C)c5ccccc54)c3)c2)n[nH]1. The number of pyridine rings is 1. The Morgan fingerprint density at radius 1 is 0.596 bits per heavy atom. The minimum Gasteiger partial charge on any atom is -0.310 e. The van der Waals surface area contributed by atoms with Gasteiger partial charge in [0, 0.05) is 45.2 Å². The van der Waals surface area contributed by atoms with Crippen molar-refractivity contribution in [1.29, 1.82) is 0 Å². The summed E-state index contributed by atoms with van der Waals surface area (Å²) < 4.78 is 0. The van der Waals surface area contributed by atoms with Gasteiger partial charge < -0.3 is 4.90 Å². The first-order chi connectivity index (χ1) is 23.0. The quantitative estimate of drug-likeness (QED) is 0.198. The summed E-state index contributed by atoms with van der Waals surface area (Å²) in [5.74, 6) is 0. The predicted octanol–water partition coefficient (Wildman–Crippen LogP) is 7.27. The van der Waals surface area contributed by atoms with Crippen LogP contribution in [0.2, 0.25) is 0 Å². The maximum atomic E-state index is 5.17. The molecular formula is C42H36N4Si. The van der Waals surface area contributed by atoms with E-state index in [2.05, 4.69) is 175 Å². The number of nitrogens with zero attached hydrogens (tertiary/aromatic N) is 3. The van der Waals surface area contributed by atoms with Gasteiger partial charge in [-0.25, -0.2) is 0 Å². The maximum Gasteiger partial charge on any atom is 0.202 e. The van der Waals surface area contributed by atoms with Crippen molar-refractivity contribution in [2.45, 2.75) is 26.2 Å². The van der Waals surface area contributed by atoms with Crippen LogP contribution in [0.3, 0.4) is 0 Å². The van der Waals surface area contributed by atoms with Gasteiger partial charge in [0.1, 0.15) is 0 Å². The van der Waals surface area contributed by atoms with Crippen molar-refractivity contribution in [3.63, 3.8) is 0 Å². The van der Waals surface area contributed by atoms with Crippen LogP contribution in [0.5, 0.6) is 0 Å². The average Bonchev–Trinajstić information content (AvgIpc) is 3.56. The summed E-state index contributed by atoms with van der Waals surface area (Å²) in [6.07, 6.45) is 1.96. The number of para-hydroxylation sites is 1. The second kappa shape index (κ2) is 11.4. The lowest BCUT2D eigenvalue weighted by Gasteiger charge is -2.46. The molecule has 3 heterocycles. The van der Waals surface area contributed by atoms with Crippen molar-refractivity contribution in [1.82, 2.24) is 15.2 Å². The third-order valence-electron chi connectivity index (χ3n) is 9.72. The first-order valence-corrected chi connectivity index (χ1v) is 18.2. The molecule has 2 aromatic heterocycles. The Hall–Kier alpha value is -5.52. The summed E-state index contributed by atoms with van der Waals surface area (Å²) >= 11 is 0. The summed E-state index contributed by atoms with van der Waals surface area (Å²) in [6, 6.07) is 55.2. The maximum absolute atomic E-state index is 5.17. The lowest BCUT2D eigenvalue weighted by Crippen LogP contribution is -2.79. The van der Waals surface area contributed by atoms with Gasteiger partial charge in [-0.05, 0) is 88.2 Å². The van der Waals surface area contributed by atoms with E-state index in [9.17, 15) is 0 Å². The fourth-order valence-electron chi connectivity index (χ4n) is 7.59. The molecule has 0 saturated carbocycles. The third-order valence-corrected chi connectivity index (χ3v) is 14.4. The second-order valence-electron chi connectivity index (χ2n) is 12.9. The Kier molecular flexibility index (Phi) is 7.00. The molecule has 0 amide bonds. The molecule has 0 atom stereocenters. The number of aromatic nitrogens is 3. The number of hydrogen-bond donors (Lipinski definition) is 1. The van der Waals surface area contributed by atoms with Crippen LogP contribution >= 0.6 is 0 Å². The van der Waals surface area contributed by atoms with E-state index in [0.29, 0.717) is 0 Å². The van der Waals surface area contributed by atoms with Gasteiger partial charge in [-0.3, -0.25) is 10.1 Å². The molecule has 0 aliphatic carbocycles. The van der Waals surface area contributed by atoms with E-state index < -0.39 is 8.07 Å². The number of benzene rings is 5. The highest BCUT2D eigenvalue weighted by atomic mass is 28.3. The molecule has 1 aliphatic rings. The Balaban J connectivity index is 1.40. The van der Waals surface area contributed by atoms with Gasteiger partial charge >= 0.3 is 0 Å². The standard InChI is InChI=1S/C42H36N4Si/c1-30-27-38(45-44-30)31-15-13-18-33(28-31)46(32-16-5-4-6-17-32)34-19-14-20-35(29-34)47(41-25-11-12-26-43-41)39-23-9-7-21-36(39)42(2,3)37-22-8-10-24-40(37)47/h4-29H,1-3H3,(H,44,45). The molecule has 4 nitrogen and oxygen atoms in total. The molecular weight excluding hydrogens is 589 g/mol. The highest BCUT2D eigenvalue weighted by Gasteiger charge is 2.52. The molecule has 1 aliphatic heterocycles. The summed E-state index contributed by atoms with van der Waals surface area (Å²) in [5.41, 5.74) is 8.94. The van der Waals surface area contributed by atoms with Crippen molar-refractivity contribution in [2.24, 2.45) is 0 Å². The van der Waals surface area contributed by atoms with E-state index in [-0.39, 0.29) is 5.41 Å². The van der Waals surface area contributed by atoms with Crippen molar-refractivity contribution < 1.29 is 0 Å². The van der Waals surface area contributed by atoms with Crippen LogP contribution in [-0.4, -0.2) is 23.3 Å². The molecule has 47 heavy (non-hydrogen) atoms. The normalized spacial score (nSPS) is 14.2. The predicted molar refractivity (Wildman–Crippen MR) is 197 cm³/mol. The molecule has 1 N–H and O–H groups in total. The molecule has 0 radical (unpaired) electrons. The van der Waals surface area contributed by atoms with Crippen molar-refractivity contribution in [2.75, 3.05) is 4.90 Å². The van der Waals surface area contributed by atoms with Gasteiger partial charge in [0.15, 0.2) is 0 Å². The van der Waals surface area contributed by atoms with Gasteiger partial charge in [-0.2, -0.15) is 5.10 Å². The van der Waals surface area contributed by atoms with Crippen molar-refractivity contribution in [3.05, 3.63) is 175 Å². The molecule has 5 heteroatoms. The molecule has 0 fully saturated rings. The third kappa shape index (κ3) is 4.65. The molecule has 7 aromatic rings. The first kappa shape index (κ1) is 28.9. The van der Waals surface area contributed by atoms with Gasteiger partial charge in [0.2, 0.25) is 8.07 Å². The molecule has 8 rings (SSSR count). The van der Waals surface area contributed by atoms with Gasteiger partial charge in [-0.15, -0.1) is 0 Å². The Morgan fingerprint density at radius 2 is 1.21 bits per heavy atom. The lowest BCUT2D eigenvalue weighted by molar-refractivity contribution is 0.645. The zero-order chi connectivity index (χ0) is 32.0. The summed E-state index contributed by atoms with van der Waals surface area (Å²) in [6.45, 7) is 6.76. The molecule has 0 unspecified atom stereocenters. The molecule has 0 bridgehead atoms. The van der Waals surface area contributed by atoms with Crippen LogP contribution < -0.4 is 25.8 Å². The van der Waals surface area contributed by atoms with E-state index in [1.54, 1.807) is 0 Å². The van der Waals surface area contributed by atoms with E-state index in [4.69, 9.17) is 4.98 Å². The monoisotopic (exact) mass is 624 g/mol. The number of anilines is 3.